The summed E-state index contributed by atoms with van der Waals surface area (Å²) < 4.78 is 12.6. The Labute approximate surface area is 147 Å². The summed E-state index contributed by atoms with van der Waals surface area (Å²) in [7, 11) is 0. The first kappa shape index (κ1) is 18.9. The fraction of sp³-hybridized carbons (Fsp3) is 0.636. The molecule has 0 spiro atoms. The quantitative estimate of drug-likeness (QED) is 0.476. The molecule has 0 radical (unpaired) electrons. The van der Waals surface area contributed by atoms with Crippen LogP contribution < -0.4 is 0 Å². The Morgan fingerprint density at radius 1 is 0.708 bits per heavy atom. The molecule has 0 aliphatic carbocycles. The van der Waals surface area contributed by atoms with Crippen LogP contribution in [-0.4, -0.2) is 0 Å². The molecule has 0 bridgehead atoms. The number of rotatable bonds is 9. The Morgan fingerprint density at radius 2 is 1.08 bits per heavy atom. The SMILES string of the molecule is CCCCc1cc(C(C)C)oc1-c1oc(C(C)C)cc1CCCC. The first-order valence-electron chi connectivity index (χ1n) is 9.73. The fourth-order valence-corrected chi connectivity index (χ4v) is 2.96. The lowest BCUT2D eigenvalue weighted by Crippen LogP contribution is -1.89. The van der Waals surface area contributed by atoms with Crippen molar-refractivity contribution in [1.82, 2.24) is 0 Å². The van der Waals surface area contributed by atoms with Crippen LogP contribution >= 0.6 is 0 Å². The third-order valence-electron chi connectivity index (χ3n) is 4.60. The van der Waals surface area contributed by atoms with Crippen molar-refractivity contribution in [2.45, 2.75) is 91.9 Å². The highest BCUT2D eigenvalue weighted by molar-refractivity contribution is 5.61. The van der Waals surface area contributed by atoms with Crippen molar-refractivity contribution in [3.8, 4) is 11.5 Å². The molecule has 0 N–H and O–H groups in total. The molecule has 0 aliphatic heterocycles. The maximum atomic E-state index is 6.28. The topological polar surface area (TPSA) is 26.3 Å². The summed E-state index contributed by atoms with van der Waals surface area (Å²) in [6.07, 6.45) is 6.89. The van der Waals surface area contributed by atoms with Gasteiger partial charge in [-0.1, -0.05) is 54.4 Å². The van der Waals surface area contributed by atoms with Crippen molar-refractivity contribution in [3.63, 3.8) is 0 Å². The molecule has 0 atom stereocenters. The van der Waals surface area contributed by atoms with Gasteiger partial charge in [0.05, 0.1) is 0 Å². The summed E-state index contributed by atoms with van der Waals surface area (Å²) in [5.41, 5.74) is 2.62. The minimum Gasteiger partial charge on any atom is -0.457 e. The van der Waals surface area contributed by atoms with Crippen molar-refractivity contribution in [2.24, 2.45) is 0 Å². The van der Waals surface area contributed by atoms with E-state index in [4.69, 9.17) is 8.83 Å². The Kier molecular flexibility index (Phi) is 6.77. The van der Waals surface area contributed by atoms with Crippen molar-refractivity contribution in [3.05, 3.63) is 34.8 Å². The largest absolute Gasteiger partial charge is 0.457 e. The Hall–Kier alpha value is -1.44. The predicted octanol–water partition coefficient (Wildman–Crippen LogP) is 7.47. The first-order chi connectivity index (χ1) is 11.5. The summed E-state index contributed by atoms with van der Waals surface area (Å²) in [4.78, 5) is 0. The van der Waals surface area contributed by atoms with Crippen LogP contribution in [0.15, 0.2) is 21.0 Å². The van der Waals surface area contributed by atoms with E-state index >= 15 is 0 Å². The van der Waals surface area contributed by atoms with Gasteiger partial charge in [-0.3, -0.25) is 0 Å². The second-order valence-electron chi connectivity index (χ2n) is 7.52. The highest BCUT2D eigenvalue weighted by atomic mass is 16.4. The summed E-state index contributed by atoms with van der Waals surface area (Å²) >= 11 is 0. The van der Waals surface area contributed by atoms with Crippen LogP contribution in [-0.2, 0) is 12.8 Å². The molecule has 0 aromatic carbocycles. The molecule has 2 heteroatoms. The van der Waals surface area contributed by atoms with E-state index in [0.717, 1.165) is 35.9 Å². The maximum Gasteiger partial charge on any atom is 0.173 e. The van der Waals surface area contributed by atoms with Gasteiger partial charge >= 0.3 is 0 Å². The molecule has 2 rings (SSSR count). The maximum absolute atomic E-state index is 6.28. The standard InChI is InChI=1S/C22H34O2/c1-7-9-11-17-13-19(15(3)4)23-21(17)22-18(12-10-8-2)14-20(24-22)16(5)6/h13-16H,7-12H2,1-6H3. The lowest BCUT2D eigenvalue weighted by Gasteiger charge is -2.03. The third-order valence-corrected chi connectivity index (χ3v) is 4.60. The Bertz CT molecular complexity index is 572. The molecular formula is C22H34O2. The molecule has 24 heavy (non-hydrogen) atoms. The lowest BCUT2D eigenvalue weighted by atomic mass is 10.0. The number of hydrogen-bond donors (Lipinski definition) is 0. The van der Waals surface area contributed by atoms with Crippen LogP contribution in [0.25, 0.3) is 11.5 Å². The second-order valence-corrected chi connectivity index (χ2v) is 7.52. The van der Waals surface area contributed by atoms with Crippen LogP contribution in [0.3, 0.4) is 0 Å². The van der Waals surface area contributed by atoms with Gasteiger partial charge in [0.2, 0.25) is 0 Å². The van der Waals surface area contributed by atoms with Crippen LogP contribution in [0.4, 0.5) is 0 Å². The zero-order valence-electron chi connectivity index (χ0n) is 16.4. The van der Waals surface area contributed by atoms with E-state index in [9.17, 15) is 0 Å². The number of unbranched alkanes of at least 4 members (excludes halogenated alkanes) is 2. The number of aryl methyl sites for hydroxylation is 2. The van der Waals surface area contributed by atoms with Crippen molar-refractivity contribution < 1.29 is 8.83 Å². The summed E-state index contributed by atoms with van der Waals surface area (Å²) in [5, 5.41) is 0. The minimum atomic E-state index is 0.401. The molecule has 2 aromatic heterocycles. The van der Waals surface area contributed by atoms with Gasteiger partial charge in [-0.15, -0.1) is 0 Å². The highest BCUT2D eigenvalue weighted by Gasteiger charge is 2.22. The average molecular weight is 331 g/mol. The smallest absolute Gasteiger partial charge is 0.173 e. The van der Waals surface area contributed by atoms with E-state index in [1.54, 1.807) is 0 Å². The van der Waals surface area contributed by atoms with Gasteiger partial charge in [0, 0.05) is 23.0 Å². The van der Waals surface area contributed by atoms with Crippen LogP contribution in [0.1, 0.15) is 102 Å². The van der Waals surface area contributed by atoms with Gasteiger partial charge in [0.25, 0.3) is 0 Å². The summed E-state index contributed by atoms with van der Waals surface area (Å²) in [5.74, 6) is 4.89. The Morgan fingerprint density at radius 3 is 1.38 bits per heavy atom. The average Bonchev–Trinajstić information content (AvgIpc) is 3.14. The van der Waals surface area contributed by atoms with Crippen molar-refractivity contribution in [1.29, 1.82) is 0 Å². The van der Waals surface area contributed by atoms with Gasteiger partial charge in [-0.25, -0.2) is 0 Å². The van der Waals surface area contributed by atoms with E-state index in [-0.39, 0.29) is 0 Å². The first-order valence-corrected chi connectivity index (χ1v) is 9.73. The molecule has 0 unspecified atom stereocenters. The van der Waals surface area contributed by atoms with Gasteiger partial charge in [0.15, 0.2) is 11.5 Å². The third kappa shape index (κ3) is 4.34. The molecule has 2 aromatic rings. The van der Waals surface area contributed by atoms with E-state index in [0.29, 0.717) is 11.8 Å². The van der Waals surface area contributed by atoms with Crippen LogP contribution in [0.5, 0.6) is 0 Å². The van der Waals surface area contributed by atoms with E-state index < -0.39 is 0 Å². The molecular weight excluding hydrogens is 296 g/mol. The van der Waals surface area contributed by atoms with Crippen molar-refractivity contribution in [2.75, 3.05) is 0 Å². The number of hydrogen-bond acceptors (Lipinski definition) is 2. The molecule has 0 aliphatic rings. The normalized spacial score (nSPS) is 11.8. The lowest BCUT2D eigenvalue weighted by molar-refractivity contribution is 0.452. The predicted molar refractivity (Wildman–Crippen MR) is 102 cm³/mol. The molecule has 0 saturated carbocycles. The van der Waals surface area contributed by atoms with Crippen LogP contribution in [0.2, 0.25) is 0 Å². The monoisotopic (exact) mass is 330 g/mol. The summed E-state index contributed by atoms with van der Waals surface area (Å²) in [6.45, 7) is 13.2. The molecule has 134 valence electrons. The molecule has 2 heterocycles. The van der Waals surface area contributed by atoms with E-state index in [2.05, 4.69) is 53.7 Å². The summed E-state index contributed by atoms with van der Waals surface area (Å²) in [6, 6.07) is 4.49. The van der Waals surface area contributed by atoms with Gasteiger partial charge in [-0.05, 0) is 37.8 Å². The molecule has 0 amide bonds. The van der Waals surface area contributed by atoms with E-state index in [1.807, 2.05) is 0 Å². The minimum absolute atomic E-state index is 0.401. The molecule has 0 saturated heterocycles. The Balaban J connectivity index is 2.47. The van der Waals surface area contributed by atoms with Crippen molar-refractivity contribution >= 4 is 0 Å². The van der Waals surface area contributed by atoms with Gasteiger partial charge in [0.1, 0.15) is 11.5 Å². The second kappa shape index (κ2) is 8.60. The van der Waals surface area contributed by atoms with Gasteiger partial charge in [-0.2, -0.15) is 0 Å². The molecule has 2 nitrogen and oxygen atoms in total. The number of furan rings is 2. The van der Waals surface area contributed by atoms with Gasteiger partial charge < -0.3 is 8.83 Å². The van der Waals surface area contributed by atoms with E-state index in [1.165, 1.54) is 36.8 Å². The molecule has 0 fully saturated rings. The zero-order chi connectivity index (χ0) is 17.7. The fourth-order valence-electron chi connectivity index (χ4n) is 2.96. The van der Waals surface area contributed by atoms with Crippen LogP contribution in [0, 0.1) is 0 Å². The highest BCUT2D eigenvalue weighted by Crippen LogP contribution is 2.37. The zero-order valence-corrected chi connectivity index (χ0v) is 16.4.